The summed E-state index contributed by atoms with van der Waals surface area (Å²) in [5.41, 5.74) is 3.08. The van der Waals surface area contributed by atoms with E-state index in [4.69, 9.17) is 24.1 Å². The standard InChI is InChI=1S/C30H40O8/c1-5-8-23-26(13-11-21(19(3)31)29(23)35-4)36-16-7-17-37-27-14-12-22-25(32)18-20(10-15-28(33)34)38-30(22)24(27)9-6-2/h11-14,20,25,32H,5-10,15-18H2,1-4H3,(H,33,34). The number of carboxylic acids is 1. The molecule has 8 heteroatoms. The van der Waals surface area contributed by atoms with Gasteiger partial charge in [0, 0.05) is 36.0 Å². The molecule has 208 valence electrons. The lowest BCUT2D eigenvalue weighted by molar-refractivity contribution is -0.137. The van der Waals surface area contributed by atoms with E-state index in [-0.39, 0.29) is 18.3 Å². The molecule has 0 radical (unpaired) electrons. The number of fused-ring (bicyclic) bond motifs is 1. The fourth-order valence-corrected chi connectivity index (χ4v) is 4.87. The van der Waals surface area contributed by atoms with Crippen molar-refractivity contribution in [3.05, 3.63) is 46.5 Å². The number of hydrogen-bond acceptors (Lipinski definition) is 7. The maximum Gasteiger partial charge on any atom is 0.303 e. The van der Waals surface area contributed by atoms with Crippen molar-refractivity contribution in [2.24, 2.45) is 0 Å². The molecule has 38 heavy (non-hydrogen) atoms. The smallest absolute Gasteiger partial charge is 0.303 e. The number of hydrogen-bond donors (Lipinski definition) is 2. The number of rotatable bonds is 15. The molecule has 0 bridgehead atoms. The van der Waals surface area contributed by atoms with E-state index in [1.807, 2.05) is 18.2 Å². The molecule has 0 aromatic heterocycles. The van der Waals surface area contributed by atoms with Crippen molar-refractivity contribution in [2.45, 2.75) is 84.3 Å². The van der Waals surface area contributed by atoms with Crippen molar-refractivity contribution in [1.29, 1.82) is 0 Å². The summed E-state index contributed by atoms with van der Waals surface area (Å²) in [7, 11) is 1.57. The van der Waals surface area contributed by atoms with E-state index in [0.717, 1.165) is 42.4 Å². The average molecular weight is 529 g/mol. The minimum absolute atomic E-state index is 0.00462. The first-order chi connectivity index (χ1) is 18.3. The second-order valence-corrected chi connectivity index (χ2v) is 9.61. The van der Waals surface area contributed by atoms with Gasteiger partial charge in [-0.05, 0) is 50.5 Å². The summed E-state index contributed by atoms with van der Waals surface area (Å²) in [4.78, 5) is 23.0. The Morgan fingerprint density at radius 1 is 1.00 bits per heavy atom. The third-order valence-electron chi connectivity index (χ3n) is 6.66. The molecule has 1 aliphatic heterocycles. The number of carboxylic acid groups (broad SMARTS) is 1. The zero-order valence-electron chi connectivity index (χ0n) is 22.9. The van der Waals surface area contributed by atoms with Crippen LogP contribution in [0.15, 0.2) is 24.3 Å². The molecule has 0 fully saturated rings. The highest BCUT2D eigenvalue weighted by Gasteiger charge is 2.30. The Labute approximate surface area is 224 Å². The second-order valence-electron chi connectivity index (χ2n) is 9.61. The van der Waals surface area contributed by atoms with Gasteiger partial charge < -0.3 is 29.2 Å². The van der Waals surface area contributed by atoms with Crippen LogP contribution in [0.25, 0.3) is 0 Å². The first-order valence-corrected chi connectivity index (χ1v) is 13.5. The van der Waals surface area contributed by atoms with Gasteiger partial charge in [0.25, 0.3) is 0 Å². The Morgan fingerprint density at radius 2 is 1.63 bits per heavy atom. The first-order valence-electron chi connectivity index (χ1n) is 13.5. The van der Waals surface area contributed by atoms with E-state index in [1.165, 1.54) is 6.92 Å². The zero-order valence-corrected chi connectivity index (χ0v) is 22.9. The molecule has 3 rings (SSSR count). The fourth-order valence-electron chi connectivity index (χ4n) is 4.87. The number of aliphatic hydroxyl groups is 1. The molecule has 1 aliphatic rings. The van der Waals surface area contributed by atoms with Gasteiger partial charge >= 0.3 is 5.97 Å². The zero-order chi connectivity index (χ0) is 27.7. The minimum Gasteiger partial charge on any atom is -0.496 e. The van der Waals surface area contributed by atoms with Crippen LogP contribution in [-0.4, -0.2) is 48.4 Å². The summed E-state index contributed by atoms with van der Waals surface area (Å²) in [5, 5.41) is 19.7. The van der Waals surface area contributed by atoms with Crippen molar-refractivity contribution < 1.29 is 38.7 Å². The molecule has 2 aromatic rings. The molecule has 0 spiro atoms. The number of ether oxygens (including phenoxy) is 4. The Bertz CT molecular complexity index is 1110. The lowest BCUT2D eigenvalue weighted by Crippen LogP contribution is -2.27. The predicted molar refractivity (Wildman–Crippen MR) is 144 cm³/mol. The van der Waals surface area contributed by atoms with Crippen molar-refractivity contribution in [3.8, 4) is 23.0 Å². The van der Waals surface area contributed by atoms with Crippen molar-refractivity contribution in [1.82, 2.24) is 0 Å². The van der Waals surface area contributed by atoms with Crippen LogP contribution in [0.5, 0.6) is 23.0 Å². The number of aliphatic carboxylic acids is 1. The Balaban J connectivity index is 1.66. The first kappa shape index (κ1) is 29.3. The maximum atomic E-state index is 12.0. The van der Waals surface area contributed by atoms with Gasteiger partial charge in [0.2, 0.25) is 0 Å². The molecule has 1 heterocycles. The molecule has 2 N–H and O–H groups in total. The summed E-state index contributed by atoms with van der Waals surface area (Å²) in [6.07, 6.45) is 3.53. The Morgan fingerprint density at radius 3 is 2.24 bits per heavy atom. The van der Waals surface area contributed by atoms with Gasteiger partial charge in [0.05, 0.1) is 32.0 Å². The second kappa shape index (κ2) is 14.0. The highest BCUT2D eigenvalue weighted by atomic mass is 16.5. The predicted octanol–water partition coefficient (Wildman–Crippen LogP) is 5.70. The maximum absolute atomic E-state index is 12.0. The SMILES string of the molecule is CCCc1c(OCCCOc2ccc3c(c2CCC)OC(CCC(=O)O)CC3O)ccc(C(C)=O)c1OC. The molecule has 8 nitrogen and oxygen atoms in total. The highest BCUT2D eigenvalue weighted by Crippen LogP contribution is 2.43. The average Bonchev–Trinajstić information content (AvgIpc) is 2.88. The Kier molecular flexibility index (Phi) is 10.8. The van der Waals surface area contributed by atoms with Crippen LogP contribution in [0.3, 0.4) is 0 Å². The van der Waals surface area contributed by atoms with Crippen LogP contribution in [0, 0.1) is 0 Å². The lowest BCUT2D eigenvalue weighted by atomic mass is 9.93. The van der Waals surface area contributed by atoms with Crippen molar-refractivity contribution in [2.75, 3.05) is 20.3 Å². The molecule has 0 aliphatic carbocycles. The number of Topliss-reactive ketones (excluding diaryl/α,β-unsaturated/α-hetero) is 1. The van der Waals surface area contributed by atoms with Crippen molar-refractivity contribution in [3.63, 3.8) is 0 Å². The number of carbonyl (C=O) groups excluding carboxylic acids is 1. The summed E-state index contributed by atoms with van der Waals surface area (Å²) in [6, 6.07) is 7.28. The number of aliphatic hydroxyl groups excluding tert-OH is 1. The molecule has 0 saturated heterocycles. The fraction of sp³-hybridized carbons (Fsp3) is 0.533. The summed E-state index contributed by atoms with van der Waals surface area (Å²) >= 11 is 0. The summed E-state index contributed by atoms with van der Waals surface area (Å²) in [6.45, 7) is 6.52. The largest absolute Gasteiger partial charge is 0.496 e. The van der Waals surface area contributed by atoms with Gasteiger partial charge in [-0.2, -0.15) is 0 Å². The third-order valence-corrected chi connectivity index (χ3v) is 6.66. The van der Waals surface area contributed by atoms with Crippen LogP contribution in [0.4, 0.5) is 0 Å². The van der Waals surface area contributed by atoms with Crippen molar-refractivity contribution >= 4 is 11.8 Å². The van der Waals surface area contributed by atoms with Crippen LogP contribution in [-0.2, 0) is 17.6 Å². The molecule has 0 saturated carbocycles. The van der Waals surface area contributed by atoms with E-state index in [1.54, 1.807) is 13.2 Å². The normalized spacial score (nSPS) is 16.3. The number of ketones is 1. The third kappa shape index (κ3) is 7.19. The van der Waals surface area contributed by atoms with E-state index in [9.17, 15) is 14.7 Å². The Hall–Kier alpha value is -3.26. The minimum atomic E-state index is -0.878. The van der Waals surface area contributed by atoms with Gasteiger partial charge in [0.15, 0.2) is 5.78 Å². The van der Waals surface area contributed by atoms with E-state index in [0.29, 0.717) is 61.0 Å². The molecule has 2 atom stereocenters. The highest BCUT2D eigenvalue weighted by molar-refractivity contribution is 5.97. The number of benzene rings is 2. The van der Waals surface area contributed by atoms with Crippen LogP contribution in [0.2, 0.25) is 0 Å². The van der Waals surface area contributed by atoms with E-state index in [2.05, 4.69) is 13.8 Å². The molecule has 2 aromatic carbocycles. The van der Waals surface area contributed by atoms with E-state index < -0.39 is 12.1 Å². The monoisotopic (exact) mass is 528 g/mol. The van der Waals surface area contributed by atoms with Crippen LogP contribution < -0.4 is 18.9 Å². The molecule has 0 amide bonds. The van der Waals surface area contributed by atoms with Gasteiger partial charge in [0.1, 0.15) is 29.1 Å². The van der Waals surface area contributed by atoms with E-state index >= 15 is 0 Å². The van der Waals surface area contributed by atoms with Crippen LogP contribution in [0.1, 0.15) is 92.4 Å². The van der Waals surface area contributed by atoms with Gasteiger partial charge in [-0.3, -0.25) is 9.59 Å². The summed E-state index contributed by atoms with van der Waals surface area (Å²) in [5.74, 6) is 1.69. The number of methoxy groups -OCH3 is 1. The van der Waals surface area contributed by atoms with Crippen LogP contribution >= 0.6 is 0 Å². The molecule has 2 unspecified atom stereocenters. The molecular weight excluding hydrogens is 488 g/mol. The molecular formula is C30H40O8. The van der Waals surface area contributed by atoms with Gasteiger partial charge in [-0.1, -0.05) is 26.7 Å². The lowest BCUT2D eigenvalue weighted by Gasteiger charge is -2.32. The quantitative estimate of drug-likeness (QED) is 0.224. The summed E-state index contributed by atoms with van der Waals surface area (Å²) < 4.78 is 23.9. The number of carbonyl (C=O) groups is 2. The van der Waals surface area contributed by atoms with Gasteiger partial charge in [-0.25, -0.2) is 0 Å². The topological polar surface area (TPSA) is 112 Å². The van der Waals surface area contributed by atoms with Gasteiger partial charge in [-0.15, -0.1) is 0 Å².